The number of hydrogen-bond acceptors (Lipinski definition) is 3. The van der Waals surface area contributed by atoms with Crippen LogP contribution in [0.2, 0.25) is 0 Å². The Morgan fingerprint density at radius 1 is 1.67 bits per heavy atom. The smallest absolute Gasteiger partial charge is 0.127 e. The van der Waals surface area contributed by atoms with E-state index in [9.17, 15) is 0 Å². The molecule has 2 heterocycles. The second-order valence-electron chi connectivity index (χ2n) is 2.77. The highest BCUT2D eigenvalue weighted by atomic mass is 16.5. The van der Waals surface area contributed by atoms with Gasteiger partial charge in [-0.15, -0.1) is 0 Å². The molecule has 0 radical (unpaired) electrons. The molecule has 1 aliphatic heterocycles. The second-order valence-corrected chi connectivity index (χ2v) is 2.77. The van der Waals surface area contributed by atoms with Gasteiger partial charge in [0, 0.05) is 18.8 Å². The number of hydrogen-bond donors (Lipinski definition) is 2. The molecule has 0 saturated heterocycles. The summed E-state index contributed by atoms with van der Waals surface area (Å²) in [4.78, 5) is 7.07. The first-order valence-electron chi connectivity index (χ1n) is 3.93. The summed E-state index contributed by atoms with van der Waals surface area (Å²) in [5.74, 6) is 0.798. The third kappa shape index (κ3) is 1.21. The van der Waals surface area contributed by atoms with Gasteiger partial charge in [-0.25, -0.2) is 4.98 Å². The van der Waals surface area contributed by atoms with Gasteiger partial charge < -0.3 is 15.5 Å². The van der Waals surface area contributed by atoms with E-state index in [0.29, 0.717) is 0 Å². The quantitative estimate of drug-likeness (QED) is 0.678. The van der Waals surface area contributed by atoms with Gasteiger partial charge in [-0.05, 0) is 5.57 Å². The van der Waals surface area contributed by atoms with Crippen molar-refractivity contribution in [1.82, 2.24) is 9.97 Å². The Hall–Kier alpha value is -1.29. The van der Waals surface area contributed by atoms with Crippen LogP contribution in [-0.4, -0.2) is 16.6 Å². The molecule has 1 aromatic rings. The number of nitrogens with zero attached hydrogens (tertiary/aromatic N) is 1. The van der Waals surface area contributed by atoms with E-state index in [1.807, 2.05) is 0 Å². The highest BCUT2D eigenvalue weighted by Gasteiger charge is 2.17. The molecular formula is C8H11N3O. The molecule has 0 saturated carbocycles. The molecule has 12 heavy (non-hydrogen) atoms. The standard InChI is InChI=1S/C8H11N3O/c9-7(6-1-4-12-5-6)8-10-2-3-11-8/h2-3,5,7H,1,4,9H2,(H,10,11). The first-order valence-corrected chi connectivity index (χ1v) is 3.93. The predicted octanol–water partition coefficient (Wildman–Crippen LogP) is 0.714. The van der Waals surface area contributed by atoms with Crippen molar-refractivity contribution in [2.24, 2.45) is 5.73 Å². The number of ether oxygens (including phenoxy) is 1. The molecule has 64 valence electrons. The fourth-order valence-electron chi connectivity index (χ4n) is 1.25. The fraction of sp³-hybridized carbons (Fsp3) is 0.375. The van der Waals surface area contributed by atoms with Crippen LogP contribution in [0.5, 0.6) is 0 Å². The molecule has 3 N–H and O–H groups in total. The van der Waals surface area contributed by atoms with E-state index in [2.05, 4.69) is 9.97 Å². The number of nitrogens with two attached hydrogens (primary N) is 1. The molecule has 0 fully saturated rings. The summed E-state index contributed by atoms with van der Waals surface area (Å²) in [6.45, 7) is 0.740. The first-order chi connectivity index (χ1) is 5.88. The summed E-state index contributed by atoms with van der Waals surface area (Å²) < 4.78 is 5.09. The fourth-order valence-corrected chi connectivity index (χ4v) is 1.25. The van der Waals surface area contributed by atoms with Crippen LogP contribution in [0.4, 0.5) is 0 Å². The van der Waals surface area contributed by atoms with E-state index in [4.69, 9.17) is 10.5 Å². The zero-order valence-corrected chi connectivity index (χ0v) is 6.66. The number of aromatic nitrogens is 2. The number of aromatic amines is 1. The highest BCUT2D eigenvalue weighted by Crippen LogP contribution is 2.22. The molecule has 2 rings (SSSR count). The van der Waals surface area contributed by atoms with Crippen molar-refractivity contribution < 1.29 is 4.74 Å². The Morgan fingerprint density at radius 2 is 2.58 bits per heavy atom. The van der Waals surface area contributed by atoms with Crippen molar-refractivity contribution >= 4 is 0 Å². The lowest BCUT2D eigenvalue weighted by Crippen LogP contribution is -2.13. The molecule has 4 nitrogen and oxygen atoms in total. The van der Waals surface area contributed by atoms with Gasteiger partial charge in [0.05, 0.1) is 18.9 Å². The molecule has 1 aliphatic rings. The van der Waals surface area contributed by atoms with Gasteiger partial charge >= 0.3 is 0 Å². The molecule has 0 spiro atoms. The summed E-state index contributed by atoms with van der Waals surface area (Å²) in [7, 11) is 0. The van der Waals surface area contributed by atoms with Gasteiger partial charge in [0.25, 0.3) is 0 Å². The number of nitrogens with one attached hydrogen (secondary N) is 1. The van der Waals surface area contributed by atoms with Crippen molar-refractivity contribution in [1.29, 1.82) is 0 Å². The summed E-state index contributed by atoms with van der Waals surface area (Å²) in [6.07, 6.45) is 6.10. The van der Waals surface area contributed by atoms with Crippen LogP contribution >= 0.6 is 0 Å². The van der Waals surface area contributed by atoms with Crippen LogP contribution in [0.25, 0.3) is 0 Å². The van der Waals surface area contributed by atoms with E-state index >= 15 is 0 Å². The van der Waals surface area contributed by atoms with Crippen LogP contribution in [0.15, 0.2) is 24.2 Å². The number of H-pyrrole nitrogens is 1. The Bertz CT molecular complexity index is 279. The summed E-state index contributed by atoms with van der Waals surface area (Å²) in [5.41, 5.74) is 7.00. The first kappa shape index (κ1) is 7.36. The topological polar surface area (TPSA) is 63.9 Å². The third-order valence-corrected chi connectivity index (χ3v) is 1.96. The second kappa shape index (κ2) is 2.98. The lowest BCUT2D eigenvalue weighted by molar-refractivity contribution is 0.281. The van der Waals surface area contributed by atoms with Crippen molar-refractivity contribution in [2.45, 2.75) is 12.5 Å². The zero-order chi connectivity index (χ0) is 8.39. The molecule has 0 aromatic carbocycles. The maximum Gasteiger partial charge on any atom is 0.127 e. The predicted molar refractivity (Wildman–Crippen MR) is 44.2 cm³/mol. The van der Waals surface area contributed by atoms with E-state index < -0.39 is 0 Å². The molecule has 0 aliphatic carbocycles. The minimum absolute atomic E-state index is 0.137. The Balaban J connectivity index is 2.14. The van der Waals surface area contributed by atoms with Gasteiger partial charge in [0.1, 0.15) is 5.82 Å². The summed E-state index contributed by atoms with van der Waals surface area (Å²) in [5, 5.41) is 0. The van der Waals surface area contributed by atoms with Crippen LogP contribution in [0.1, 0.15) is 18.3 Å². The van der Waals surface area contributed by atoms with Crippen molar-refractivity contribution in [3.05, 3.63) is 30.1 Å². The van der Waals surface area contributed by atoms with Crippen molar-refractivity contribution in [3.63, 3.8) is 0 Å². The van der Waals surface area contributed by atoms with Crippen LogP contribution < -0.4 is 5.73 Å². The maximum absolute atomic E-state index is 5.90. The maximum atomic E-state index is 5.90. The van der Waals surface area contributed by atoms with Crippen LogP contribution in [0, 0.1) is 0 Å². The SMILES string of the molecule is NC(C1=COCC1)c1ncc[nH]1. The van der Waals surface area contributed by atoms with E-state index in [0.717, 1.165) is 24.4 Å². The minimum atomic E-state index is -0.137. The molecular weight excluding hydrogens is 154 g/mol. The van der Waals surface area contributed by atoms with Crippen LogP contribution in [0.3, 0.4) is 0 Å². The summed E-state index contributed by atoms with van der Waals surface area (Å²) in [6, 6.07) is -0.137. The minimum Gasteiger partial charge on any atom is -0.501 e. The molecule has 1 atom stereocenters. The van der Waals surface area contributed by atoms with Crippen molar-refractivity contribution in [2.75, 3.05) is 6.61 Å². The normalized spacial score (nSPS) is 18.6. The largest absolute Gasteiger partial charge is 0.501 e. The zero-order valence-electron chi connectivity index (χ0n) is 6.66. The molecule has 4 heteroatoms. The number of imidazole rings is 1. The third-order valence-electron chi connectivity index (χ3n) is 1.96. The van der Waals surface area contributed by atoms with Gasteiger partial charge in [0.15, 0.2) is 0 Å². The number of rotatable bonds is 2. The Labute approximate surface area is 70.4 Å². The average molecular weight is 165 g/mol. The van der Waals surface area contributed by atoms with Gasteiger partial charge in [-0.2, -0.15) is 0 Å². The molecule has 1 unspecified atom stereocenters. The Morgan fingerprint density at radius 3 is 3.17 bits per heavy atom. The Kier molecular flexibility index (Phi) is 1.83. The van der Waals surface area contributed by atoms with E-state index in [1.165, 1.54) is 0 Å². The lowest BCUT2D eigenvalue weighted by Gasteiger charge is -2.07. The average Bonchev–Trinajstić information content (AvgIpc) is 2.77. The molecule has 1 aromatic heterocycles. The lowest BCUT2D eigenvalue weighted by atomic mass is 10.1. The van der Waals surface area contributed by atoms with E-state index in [1.54, 1.807) is 18.7 Å². The highest BCUT2D eigenvalue weighted by molar-refractivity contribution is 5.17. The van der Waals surface area contributed by atoms with Crippen LogP contribution in [-0.2, 0) is 4.74 Å². The van der Waals surface area contributed by atoms with E-state index in [-0.39, 0.29) is 6.04 Å². The van der Waals surface area contributed by atoms with Gasteiger partial charge in [-0.1, -0.05) is 0 Å². The molecule has 0 bridgehead atoms. The monoisotopic (exact) mass is 165 g/mol. The summed E-state index contributed by atoms with van der Waals surface area (Å²) >= 11 is 0. The van der Waals surface area contributed by atoms with Crippen molar-refractivity contribution in [3.8, 4) is 0 Å². The van der Waals surface area contributed by atoms with Gasteiger partial charge in [-0.3, -0.25) is 0 Å². The molecule has 0 amide bonds. The van der Waals surface area contributed by atoms with Gasteiger partial charge in [0.2, 0.25) is 0 Å².